The summed E-state index contributed by atoms with van der Waals surface area (Å²) in [6.45, 7) is -1.07. The van der Waals surface area contributed by atoms with Gasteiger partial charge in [0.05, 0.1) is 11.0 Å². The second-order valence-corrected chi connectivity index (χ2v) is 6.92. The first-order valence-corrected chi connectivity index (χ1v) is 8.21. The number of β-amino-alcohol motifs (C(OH)–C–C–N with tert-alkyl or cyclic N) is 1. The van der Waals surface area contributed by atoms with Crippen LogP contribution in [0.5, 0.6) is 0 Å². The van der Waals surface area contributed by atoms with Gasteiger partial charge in [-0.3, -0.25) is 4.79 Å². The van der Waals surface area contributed by atoms with Crippen molar-refractivity contribution in [3.05, 3.63) is 29.8 Å². The molecule has 0 radical (unpaired) electrons. The van der Waals surface area contributed by atoms with E-state index >= 15 is 0 Å². The number of nitrogens with one attached hydrogen (secondary N) is 1. The highest BCUT2D eigenvalue weighted by Crippen LogP contribution is 2.17. The Morgan fingerprint density at radius 1 is 1.30 bits per heavy atom. The van der Waals surface area contributed by atoms with Crippen LogP contribution in [-0.2, 0) is 10.0 Å². The summed E-state index contributed by atoms with van der Waals surface area (Å²) in [5, 5.41) is 9.40. The molecule has 1 aromatic carbocycles. The molecule has 2 N–H and O–H groups in total. The summed E-state index contributed by atoms with van der Waals surface area (Å²) >= 11 is 0. The molecule has 1 atom stereocenters. The van der Waals surface area contributed by atoms with Crippen molar-refractivity contribution in [1.82, 2.24) is 9.62 Å². The van der Waals surface area contributed by atoms with Crippen LogP contribution < -0.4 is 4.72 Å². The Kier molecular flexibility index (Phi) is 4.97. The van der Waals surface area contributed by atoms with Gasteiger partial charge in [-0.05, 0) is 30.7 Å². The monoisotopic (exact) mass is 352 g/mol. The standard InChI is InChI=1S/C13H15F3N2O4S/c14-13(15,16)8-17-23(21,22)11-3-1-9(2-4-11)12(20)18-6-5-10(19)7-18/h1-4,10,17,19H,5-8H2. The molecule has 0 bridgehead atoms. The average molecular weight is 352 g/mol. The molecule has 0 aromatic heterocycles. The molecule has 1 saturated heterocycles. The predicted octanol–water partition coefficient (Wildman–Crippen LogP) is 0.734. The largest absolute Gasteiger partial charge is 0.402 e. The SMILES string of the molecule is O=C(c1ccc(S(=O)(=O)NCC(F)(F)F)cc1)N1CCC(O)C1. The zero-order valence-corrected chi connectivity index (χ0v) is 12.7. The van der Waals surface area contributed by atoms with Crippen LogP contribution in [0.25, 0.3) is 0 Å². The van der Waals surface area contributed by atoms with E-state index < -0.39 is 28.8 Å². The van der Waals surface area contributed by atoms with E-state index in [1.807, 2.05) is 0 Å². The smallest absolute Gasteiger partial charge is 0.391 e. The average Bonchev–Trinajstić information content (AvgIpc) is 2.91. The van der Waals surface area contributed by atoms with Crippen LogP contribution in [0.15, 0.2) is 29.2 Å². The second kappa shape index (κ2) is 6.46. The fourth-order valence-electron chi connectivity index (χ4n) is 2.15. The molecule has 0 aliphatic carbocycles. The summed E-state index contributed by atoms with van der Waals surface area (Å²) in [5.74, 6) is -0.367. The lowest BCUT2D eigenvalue weighted by atomic mass is 10.2. The molecule has 6 nitrogen and oxygen atoms in total. The molecule has 1 aliphatic rings. The number of carbonyl (C=O) groups excluding carboxylic acids is 1. The number of alkyl halides is 3. The van der Waals surface area contributed by atoms with Gasteiger partial charge in [-0.2, -0.15) is 13.2 Å². The molecule has 1 aromatic rings. The van der Waals surface area contributed by atoms with Crippen molar-refractivity contribution < 1.29 is 31.5 Å². The lowest BCUT2D eigenvalue weighted by Gasteiger charge is -2.15. The number of nitrogens with zero attached hydrogens (tertiary/aromatic N) is 1. The van der Waals surface area contributed by atoms with E-state index in [0.29, 0.717) is 13.0 Å². The summed E-state index contributed by atoms with van der Waals surface area (Å²) in [4.78, 5) is 13.2. The van der Waals surface area contributed by atoms with Crippen molar-refractivity contribution in [2.75, 3.05) is 19.6 Å². The molecular formula is C13H15F3N2O4S. The van der Waals surface area contributed by atoms with E-state index in [4.69, 9.17) is 0 Å². The first-order chi connectivity index (χ1) is 10.6. The highest BCUT2D eigenvalue weighted by molar-refractivity contribution is 7.89. The quantitative estimate of drug-likeness (QED) is 0.837. The summed E-state index contributed by atoms with van der Waals surface area (Å²) in [6, 6.07) is 4.60. The molecule has 1 heterocycles. The molecule has 1 unspecified atom stereocenters. The zero-order chi connectivity index (χ0) is 17.3. The van der Waals surface area contributed by atoms with Crippen LogP contribution in [0.1, 0.15) is 16.8 Å². The molecule has 1 fully saturated rings. The van der Waals surface area contributed by atoms with Crippen molar-refractivity contribution in [3.8, 4) is 0 Å². The van der Waals surface area contributed by atoms with E-state index in [1.54, 1.807) is 0 Å². The minimum atomic E-state index is -4.65. The number of hydrogen-bond donors (Lipinski definition) is 2. The van der Waals surface area contributed by atoms with E-state index in [2.05, 4.69) is 0 Å². The van der Waals surface area contributed by atoms with Crippen molar-refractivity contribution in [3.63, 3.8) is 0 Å². The Labute approximate surface area is 131 Å². The number of likely N-dealkylation sites (tertiary alicyclic amines) is 1. The Morgan fingerprint density at radius 2 is 1.91 bits per heavy atom. The third kappa shape index (κ3) is 4.66. The number of rotatable bonds is 4. The minimum absolute atomic E-state index is 0.200. The fourth-order valence-corrected chi connectivity index (χ4v) is 3.16. The Bertz CT molecular complexity index is 673. The number of sulfonamides is 1. The molecule has 128 valence electrons. The van der Waals surface area contributed by atoms with Gasteiger partial charge >= 0.3 is 6.18 Å². The van der Waals surface area contributed by atoms with Crippen LogP contribution in [0.3, 0.4) is 0 Å². The van der Waals surface area contributed by atoms with E-state index in [-0.39, 0.29) is 22.9 Å². The summed E-state index contributed by atoms with van der Waals surface area (Å²) in [6.07, 6.45) is -4.76. The van der Waals surface area contributed by atoms with Crippen molar-refractivity contribution in [2.45, 2.75) is 23.6 Å². The van der Waals surface area contributed by atoms with Gasteiger partial charge < -0.3 is 10.0 Å². The Balaban J connectivity index is 2.08. The second-order valence-electron chi connectivity index (χ2n) is 5.16. The van der Waals surface area contributed by atoms with E-state index in [1.165, 1.54) is 21.8 Å². The maximum Gasteiger partial charge on any atom is 0.402 e. The minimum Gasteiger partial charge on any atom is -0.391 e. The summed E-state index contributed by atoms with van der Waals surface area (Å²) in [7, 11) is -4.30. The molecule has 1 amide bonds. The number of aliphatic hydroxyl groups is 1. The van der Waals surface area contributed by atoms with Gasteiger partial charge in [-0.1, -0.05) is 0 Å². The maximum absolute atomic E-state index is 12.1. The first-order valence-electron chi connectivity index (χ1n) is 6.72. The third-order valence-electron chi connectivity index (χ3n) is 3.32. The van der Waals surface area contributed by atoms with Crippen molar-refractivity contribution in [2.24, 2.45) is 0 Å². The number of amides is 1. The van der Waals surface area contributed by atoms with Crippen molar-refractivity contribution >= 4 is 15.9 Å². The number of benzene rings is 1. The first kappa shape index (κ1) is 17.7. The number of hydrogen-bond acceptors (Lipinski definition) is 4. The van der Waals surface area contributed by atoms with E-state index in [0.717, 1.165) is 12.1 Å². The van der Waals surface area contributed by atoms with Gasteiger partial charge in [0, 0.05) is 18.7 Å². The van der Waals surface area contributed by atoms with Crippen LogP contribution in [0.2, 0.25) is 0 Å². The topological polar surface area (TPSA) is 86.7 Å². The van der Waals surface area contributed by atoms with Gasteiger partial charge in [0.25, 0.3) is 5.91 Å². The Morgan fingerprint density at radius 3 is 2.39 bits per heavy atom. The van der Waals surface area contributed by atoms with Crippen molar-refractivity contribution in [1.29, 1.82) is 0 Å². The fraction of sp³-hybridized carbons (Fsp3) is 0.462. The van der Waals surface area contributed by atoms with Gasteiger partial charge in [0.15, 0.2) is 0 Å². The summed E-state index contributed by atoms with van der Waals surface area (Å²) in [5.41, 5.74) is 0.203. The van der Waals surface area contributed by atoms with Gasteiger partial charge in [0.2, 0.25) is 10.0 Å². The lowest BCUT2D eigenvalue weighted by Crippen LogP contribution is -2.33. The summed E-state index contributed by atoms with van der Waals surface area (Å²) < 4.78 is 61.1. The normalized spacial score (nSPS) is 19.1. The molecule has 10 heteroatoms. The molecule has 1 aliphatic heterocycles. The van der Waals surface area contributed by atoms with Crippen LogP contribution in [-0.4, -0.2) is 56.2 Å². The third-order valence-corrected chi connectivity index (χ3v) is 4.74. The highest BCUT2D eigenvalue weighted by Gasteiger charge is 2.30. The lowest BCUT2D eigenvalue weighted by molar-refractivity contribution is -0.121. The van der Waals surface area contributed by atoms with Crippen LogP contribution in [0.4, 0.5) is 13.2 Å². The molecule has 0 saturated carbocycles. The van der Waals surface area contributed by atoms with Gasteiger partial charge in [-0.15, -0.1) is 0 Å². The van der Waals surface area contributed by atoms with Crippen LogP contribution >= 0.6 is 0 Å². The molecular weight excluding hydrogens is 337 g/mol. The number of aliphatic hydroxyl groups excluding tert-OH is 1. The molecule has 0 spiro atoms. The van der Waals surface area contributed by atoms with Gasteiger partial charge in [-0.25, -0.2) is 13.1 Å². The molecule has 2 rings (SSSR count). The maximum atomic E-state index is 12.1. The predicted molar refractivity (Wildman–Crippen MR) is 74.2 cm³/mol. The highest BCUT2D eigenvalue weighted by atomic mass is 32.2. The number of halogens is 3. The van der Waals surface area contributed by atoms with Crippen LogP contribution in [0, 0.1) is 0 Å². The van der Waals surface area contributed by atoms with Gasteiger partial charge in [0.1, 0.15) is 6.54 Å². The molecule has 23 heavy (non-hydrogen) atoms. The van der Waals surface area contributed by atoms with E-state index in [9.17, 15) is 31.5 Å². The Hall–Kier alpha value is -1.65. The number of carbonyl (C=O) groups is 1. The zero-order valence-electron chi connectivity index (χ0n) is 11.9.